The van der Waals surface area contributed by atoms with Gasteiger partial charge in [0.05, 0.1) is 28.0 Å². The van der Waals surface area contributed by atoms with E-state index < -0.39 is 17.4 Å². The molecule has 0 radical (unpaired) electrons. The van der Waals surface area contributed by atoms with Crippen molar-refractivity contribution >= 4 is 22.5 Å². The highest BCUT2D eigenvalue weighted by Crippen LogP contribution is 2.47. The normalized spacial score (nSPS) is 14.4. The molecule has 6 rings (SSSR count). The largest absolute Gasteiger partial charge is 0.508 e. The lowest BCUT2D eigenvalue weighted by Crippen LogP contribution is -2.37. The van der Waals surface area contributed by atoms with E-state index >= 15 is 0 Å². The molecule has 0 unspecified atom stereocenters. The summed E-state index contributed by atoms with van der Waals surface area (Å²) < 4.78 is 11.1. The molecular weight excluding hydrogens is 478 g/mol. The Morgan fingerprint density at radius 2 is 1.61 bits per heavy atom. The van der Waals surface area contributed by atoms with Gasteiger partial charge in [-0.1, -0.05) is 53.6 Å². The number of rotatable bonds is 2. The number of nitrogens with zero attached hydrogens (tertiary/aromatic N) is 3. The number of aromatic hydroxyl groups is 1. The molecule has 5 aromatic rings. The van der Waals surface area contributed by atoms with Crippen molar-refractivity contribution in [2.45, 2.75) is 13.0 Å². The summed E-state index contributed by atoms with van der Waals surface area (Å²) in [6, 6.07) is 20.0. The zero-order chi connectivity index (χ0) is 25.3. The smallest absolute Gasteiger partial charge is 0.331 e. The van der Waals surface area contributed by atoms with Gasteiger partial charge in [-0.25, -0.2) is 4.79 Å². The standard InChI is InChI=1S/C28H22ClN3O4/c1-15-4-6-16(7-5-15)23-22-24(30(2)28(35)31(3)27(22)34)25-26(17-8-11-19(33)12-9-17)36-21-13-10-18(29)14-20(21)32(23)25/h4-14,26,33H,1-3H3/t26-/m1/s1. The Balaban J connectivity index is 1.86. The zero-order valence-electron chi connectivity index (χ0n) is 19.8. The third kappa shape index (κ3) is 3.13. The lowest BCUT2D eigenvalue weighted by Gasteiger charge is -2.30. The van der Waals surface area contributed by atoms with E-state index in [-0.39, 0.29) is 5.75 Å². The Hall–Kier alpha value is -4.23. The number of aryl methyl sites for hydroxylation is 2. The fraction of sp³-hybridized carbons (Fsp3) is 0.143. The summed E-state index contributed by atoms with van der Waals surface area (Å²) in [7, 11) is 3.14. The van der Waals surface area contributed by atoms with Gasteiger partial charge in [0.2, 0.25) is 0 Å². The van der Waals surface area contributed by atoms with Crippen molar-refractivity contribution in [2.75, 3.05) is 0 Å². The summed E-state index contributed by atoms with van der Waals surface area (Å²) in [5.41, 5.74) is 4.31. The Kier molecular flexibility index (Phi) is 4.88. The van der Waals surface area contributed by atoms with E-state index in [4.69, 9.17) is 16.3 Å². The highest BCUT2D eigenvalue weighted by molar-refractivity contribution is 6.30. The summed E-state index contributed by atoms with van der Waals surface area (Å²) in [5.74, 6) is 0.712. The van der Waals surface area contributed by atoms with Crippen LogP contribution in [0.15, 0.2) is 76.3 Å². The Labute approximate surface area is 211 Å². The molecule has 180 valence electrons. The molecule has 1 N–H and O–H groups in total. The molecule has 1 aliphatic heterocycles. The first kappa shape index (κ1) is 22.2. The lowest BCUT2D eigenvalue weighted by molar-refractivity contribution is 0.229. The molecule has 0 saturated carbocycles. The van der Waals surface area contributed by atoms with Crippen LogP contribution in [0.1, 0.15) is 22.9 Å². The maximum absolute atomic E-state index is 13.7. The average Bonchev–Trinajstić information content (AvgIpc) is 3.23. The molecule has 1 atom stereocenters. The van der Waals surface area contributed by atoms with Gasteiger partial charge in [0.15, 0.2) is 6.10 Å². The molecule has 36 heavy (non-hydrogen) atoms. The van der Waals surface area contributed by atoms with Crippen molar-refractivity contribution < 1.29 is 9.84 Å². The number of phenols is 1. The van der Waals surface area contributed by atoms with Crippen molar-refractivity contribution in [3.05, 3.63) is 109 Å². The van der Waals surface area contributed by atoms with Gasteiger partial charge in [-0.3, -0.25) is 13.9 Å². The van der Waals surface area contributed by atoms with Gasteiger partial charge in [-0.05, 0) is 48.4 Å². The van der Waals surface area contributed by atoms with Crippen molar-refractivity contribution in [3.8, 4) is 28.4 Å². The van der Waals surface area contributed by atoms with Gasteiger partial charge in [0, 0.05) is 19.1 Å². The molecule has 0 spiro atoms. The topological polar surface area (TPSA) is 78.4 Å². The van der Waals surface area contributed by atoms with E-state index in [2.05, 4.69) is 0 Å². The van der Waals surface area contributed by atoms with Crippen molar-refractivity contribution in [2.24, 2.45) is 14.1 Å². The van der Waals surface area contributed by atoms with Crippen LogP contribution in [0.3, 0.4) is 0 Å². The van der Waals surface area contributed by atoms with Crippen LogP contribution in [0.5, 0.6) is 11.5 Å². The molecule has 3 aromatic carbocycles. The third-order valence-electron chi connectivity index (χ3n) is 6.78. The summed E-state index contributed by atoms with van der Waals surface area (Å²) >= 11 is 6.43. The number of hydrogen-bond acceptors (Lipinski definition) is 4. The Bertz CT molecular complexity index is 1800. The van der Waals surface area contributed by atoms with Crippen molar-refractivity contribution in [1.82, 2.24) is 13.7 Å². The van der Waals surface area contributed by atoms with Crippen LogP contribution in [0.25, 0.3) is 27.8 Å². The number of phenolic OH excluding ortho intramolecular Hbond substituents is 1. The summed E-state index contributed by atoms with van der Waals surface area (Å²) in [5, 5.41) is 10.8. The molecule has 0 bridgehead atoms. The SMILES string of the molecule is Cc1ccc(-c2c3c(=O)n(C)c(=O)n(C)c3c3n2-c2cc(Cl)ccc2O[C@@H]3c2ccc(O)cc2)cc1. The van der Waals surface area contributed by atoms with E-state index in [0.717, 1.165) is 21.3 Å². The van der Waals surface area contributed by atoms with Gasteiger partial charge in [-0.15, -0.1) is 0 Å². The summed E-state index contributed by atoms with van der Waals surface area (Å²) in [6.45, 7) is 2.00. The van der Waals surface area contributed by atoms with Crippen LogP contribution < -0.4 is 16.0 Å². The van der Waals surface area contributed by atoms with Crippen LogP contribution in [0, 0.1) is 6.92 Å². The van der Waals surface area contributed by atoms with Gasteiger partial charge in [-0.2, -0.15) is 0 Å². The molecule has 0 amide bonds. The second-order valence-electron chi connectivity index (χ2n) is 9.07. The van der Waals surface area contributed by atoms with Gasteiger partial charge >= 0.3 is 5.69 Å². The first-order chi connectivity index (χ1) is 17.3. The van der Waals surface area contributed by atoms with Crippen molar-refractivity contribution in [1.29, 1.82) is 0 Å². The predicted octanol–water partition coefficient (Wildman–Crippen LogP) is 4.84. The maximum Gasteiger partial charge on any atom is 0.331 e. The van der Waals surface area contributed by atoms with Gasteiger partial charge < -0.3 is 14.4 Å². The van der Waals surface area contributed by atoms with E-state index in [9.17, 15) is 14.7 Å². The minimum absolute atomic E-state index is 0.128. The van der Waals surface area contributed by atoms with Gasteiger partial charge in [0.1, 0.15) is 11.5 Å². The van der Waals surface area contributed by atoms with Crippen LogP contribution in [0.2, 0.25) is 5.02 Å². The number of halogens is 1. The van der Waals surface area contributed by atoms with E-state index in [0.29, 0.717) is 38.8 Å². The zero-order valence-corrected chi connectivity index (χ0v) is 20.6. The number of ether oxygens (including phenoxy) is 1. The molecule has 0 saturated heterocycles. The van der Waals surface area contributed by atoms with E-state index in [1.807, 2.05) is 35.8 Å². The quantitative estimate of drug-likeness (QED) is 0.377. The lowest BCUT2D eigenvalue weighted by atomic mass is 10.0. The number of benzene rings is 3. The second-order valence-corrected chi connectivity index (χ2v) is 9.50. The average molecular weight is 500 g/mol. The van der Waals surface area contributed by atoms with E-state index in [1.54, 1.807) is 49.5 Å². The third-order valence-corrected chi connectivity index (χ3v) is 7.02. The van der Waals surface area contributed by atoms with Crippen LogP contribution >= 0.6 is 11.6 Å². The maximum atomic E-state index is 13.7. The summed E-state index contributed by atoms with van der Waals surface area (Å²) in [4.78, 5) is 26.8. The first-order valence-electron chi connectivity index (χ1n) is 11.4. The Morgan fingerprint density at radius 3 is 2.31 bits per heavy atom. The van der Waals surface area contributed by atoms with Gasteiger partial charge in [0.25, 0.3) is 5.56 Å². The van der Waals surface area contributed by atoms with Crippen LogP contribution in [-0.2, 0) is 14.1 Å². The molecular formula is C28H22ClN3O4. The fourth-order valence-corrected chi connectivity index (χ4v) is 5.16. The predicted molar refractivity (Wildman–Crippen MR) is 140 cm³/mol. The first-order valence-corrected chi connectivity index (χ1v) is 11.8. The molecule has 8 heteroatoms. The molecule has 0 aliphatic carbocycles. The number of fused-ring (bicyclic) bond motifs is 5. The minimum atomic E-state index is -0.654. The second kappa shape index (κ2) is 7.90. The Morgan fingerprint density at radius 1 is 0.917 bits per heavy atom. The molecule has 2 aromatic heterocycles. The monoisotopic (exact) mass is 499 g/mol. The number of aromatic nitrogens is 3. The van der Waals surface area contributed by atoms with Crippen LogP contribution in [-0.4, -0.2) is 18.8 Å². The molecule has 1 aliphatic rings. The van der Waals surface area contributed by atoms with E-state index in [1.165, 1.54) is 11.6 Å². The summed E-state index contributed by atoms with van der Waals surface area (Å²) in [6.07, 6.45) is -0.654. The highest BCUT2D eigenvalue weighted by atomic mass is 35.5. The minimum Gasteiger partial charge on any atom is -0.508 e. The number of hydrogen-bond donors (Lipinski definition) is 1. The molecule has 0 fully saturated rings. The molecule has 3 heterocycles. The highest BCUT2D eigenvalue weighted by Gasteiger charge is 2.36. The van der Waals surface area contributed by atoms with Crippen molar-refractivity contribution in [3.63, 3.8) is 0 Å². The fourth-order valence-electron chi connectivity index (χ4n) is 4.99. The van der Waals surface area contributed by atoms with Crippen LogP contribution in [0.4, 0.5) is 0 Å². The molecule has 7 nitrogen and oxygen atoms in total.